The van der Waals surface area contributed by atoms with Crippen molar-refractivity contribution in [1.82, 2.24) is 14.1 Å². The third kappa shape index (κ3) is 2.68. The number of rotatable bonds is 2. The van der Waals surface area contributed by atoms with Gasteiger partial charge in [0.05, 0.1) is 0 Å². The van der Waals surface area contributed by atoms with Crippen LogP contribution in [-0.2, 0) is 7.05 Å². The number of anilines is 1. The highest BCUT2D eigenvalue weighted by Gasteiger charge is 2.25. The van der Waals surface area contributed by atoms with Crippen LogP contribution in [0.25, 0.3) is 0 Å². The fourth-order valence-electron chi connectivity index (χ4n) is 2.55. The predicted octanol–water partition coefficient (Wildman–Crippen LogP) is 0.730. The second kappa shape index (κ2) is 5.36. The zero-order valence-corrected chi connectivity index (χ0v) is 12.2. The minimum absolute atomic E-state index is 0.0788. The molecule has 0 N–H and O–H groups in total. The first-order chi connectivity index (χ1) is 8.91. The molecule has 1 aliphatic rings. The van der Waals surface area contributed by atoms with Crippen molar-refractivity contribution in [2.24, 2.45) is 7.05 Å². The van der Waals surface area contributed by atoms with Crippen molar-refractivity contribution in [3.63, 3.8) is 0 Å². The van der Waals surface area contributed by atoms with E-state index in [0.29, 0.717) is 5.95 Å². The first-order valence-electron chi connectivity index (χ1n) is 6.42. The molecule has 0 radical (unpaired) electrons. The normalized spacial score (nSPS) is 23.4. The Labute approximate surface area is 116 Å². The number of halogens is 1. The van der Waals surface area contributed by atoms with Crippen LogP contribution in [0.1, 0.15) is 31.7 Å². The van der Waals surface area contributed by atoms with Crippen molar-refractivity contribution in [2.45, 2.75) is 37.1 Å². The standard InChI is InChI=1S/C12H19ClN4O2/c1-15(2)10-14-11(18)17(12(19)16(10)3)9-6-4-8(13)5-7-9/h8-9H,4-7H2,1-3H3. The molecule has 0 spiro atoms. The van der Waals surface area contributed by atoms with Crippen LogP contribution in [0.15, 0.2) is 9.59 Å². The summed E-state index contributed by atoms with van der Waals surface area (Å²) in [5, 5.41) is 0.157. The van der Waals surface area contributed by atoms with E-state index in [0.717, 1.165) is 25.7 Å². The zero-order valence-electron chi connectivity index (χ0n) is 11.5. The molecule has 0 aromatic carbocycles. The van der Waals surface area contributed by atoms with Crippen LogP contribution in [0.3, 0.4) is 0 Å². The Morgan fingerprint density at radius 2 is 1.79 bits per heavy atom. The summed E-state index contributed by atoms with van der Waals surface area (Å²) in [7, 11) is 5.14. The van der Waals surface area contributed by atoms with Gasteiger partial charge in [0.1, 0.15) is 0 Å². The molecule has 0 amide bonds. The van der Waals surface area contributed by atoms with Gasteiger partial charge in [0.25, 0.3) is 0 Å². The van der Waals surface area contributed by atoms with Crippen LogP contribution in [0.5, 0.6) is 0 Å². The van der Waals surface area contributed by atoms with Gasteiger partial charge in [-0.2, -0.15) is 4.98 Å². The van der Waals surface area contributed by atoms with E-state index < -0.39 is 5.69 Å². The predicted molar refractivity (Wildman–Crippen MR) is 75.2 cm³/mol. The summed E-state index contributed by atoms with van der Waals surface area (Å²) in [6.07, 6.45) is 3.17. The summed E-state index contributed by atoms with van der Waals surface area (Å²) in [5.41, 5.74) is -0.772. The molecule has 1 saturated carbocycles. The molecule has 0 unspecified atom stereocenters. The molecule has 1 aromatic heterocycles. The van der Waals surface area contributed by atoms with Crippen LogP contribution in [0.2, 0.25) is 0 Å². The molecule has 0 aliphatic heterocycles. The molecule has 1 aromatic rings. The molecule has 0 bridgehead atoms. The molecule has 1 fully saturated rings. The Bertz CT molecular complexity index is 570. The van der Waals surface area contributed by atoms with Gasteiger partial charge in [0, 0.05) is 32.6 Å². The maximum atomic E-state index is 12.3. The quantitative estimate of drug-likeness (QED) is 0.752. The van der Waals surface area contributed by atoms with Gasteiger partial charge in [-0.15, -0.1) is 11.6 Å². The van der Waals surface area contributed by atoms with E-state index in [1.54, 1.807) is 26.0 Å². The Hall–Kier alpha value is -1.30. The second-order valence-corrected chi connectivity index (χ2v) is 5.82. The molecular weight excluding hydrogens is 268 g/mol. The molecule has 2 rings (SSSR count). The Kier molecular flexibility index (Phi) is 3.99. The molecule has 1 aliphatic carbocycles. The molecule has 19 heavy (non-hydrogen) atoms. The van der Waals surface area contributed by atoms with E-state index in [4.69, 9.17) is 11.6 Å². The van der Waals surface area contributed by atoms with Crippen molar-refractivity contribution in [3.05, 3.63) is 21.0 Å². The highest BCUT2D eigenvalue weighted by atomic mass is 35.5. The molecule has 1 heterocycles. The average molecular weight is 287 g/mol. The van der Waals surface area contributed by atoms with E-state index in [2.05, 4.69) is 4.98 Å². The number of aromatic nitrogens is 3. The van der Waals surface area contributed by atoms with Gasteiger partial charge >= 0.3 is 11.4 Å². The first-order valence-corrected chi connectivity index (χ1v) is 6.86. The van der Waals surface area contributed by atoms with Gasteiger partial charge in [-0.1, -0.05) is 0 Å². The van der Waals surface area contributed by atoms with Crippen molar-refractivity contribution in [3.8, 4) is 0 Å². The average Bonchev–Trinajstić information content (AvgIpc) is 2.36. The number of alkyl halides is 1. The lowest BCUT2D eigenvalue weighted by Gasteiger charge is -2.26. The lowest BCUT2D eigenvalue weighted by atomic mass is 9.95. The van der Waals surface area contributed by atoms with E-state index in [1.807, 2.05) is 0 Å². The zero-order chi connectivity index (χ0) is 14.2. The lowest BCUT2D eigenvalue weighted by molar-refractivity contribution is 0.329. The van der Waals surface area contributed by atoms with Crippen molar-refractivity contribution in [2.75, 3.05) is 19.0 Å². The highest BCUT2D eigenvalue weighted by Crippen LogP contribution is 2.29. The Morgan fingerprint density at radius 1 is 1.21 bits per heavy atom. The van der Waals surface area contributed by atoms with Gasteiger partial charge in [-0.05, 0) is 25.7 Å². The third-order valence-corrected chi connectivity index (χ3v) is 4.02. The van der Waals surface area contributed by atoms with Crippen LogP contribution in [-0.4, -0.2) is 33.6 Å². The smallest absolute Gasteiger partial charge is 0.348 e. The van der Waals surface area contributed by atoms with Crippen LogP contribution in [0.4, 0.5) is 5.95 Å². The molecular formula is C12H19ClN4O2. The number of nitrogens with zero attached hydrogens (tertiary/aromatic N) is 4. The molecule has 0 saturated heterocycles. The Balaban J connectivity index is 2.45. The van der Waals surface area contributed by atoms with Gasteiger partial charge in [-0.3, -0.25) is 4.57 Å². The summed E-state index contributed by atoms with van der Waals surface area (Å²) >= 11 is 6.05. The molecule has 0 atom stereocenters. The van der Waals surface area contributed by atoms with Gasteiger partial charge in [0.15, 0.2) is 0 Å². The van der Waals surface area contributed by atoms with Crippen LogP contribution >= 0.6 is 11.6 Å². The van der Waals surface area contributed by atoms with Gasteiger partial charge in [0.2, 0.25) is 5.95 Å². The highest BCUT2D eigenvalue weighted by molar-refractivity contribution is 6.20. The van der Waals surface area contributed by atoms with Crippen molar-refractivity contribution >= 4 is 17.5 Å². The summed E-state index contributed by atoms with van der Waals surface area (Å²) < 4.78 is 2.68. The second-order valence-electron chi connectivity index (χ2n) is 5.21. The number of hydrogen-bond acceptors (Lipinski definition) is 4. The fraction of sp³-hybridized carbons (Fsp3) is 0.750. The van der Waals surface area contributed by atoms with E-state index >= 15 is 0 Å². The maximum Gasteiger partial charge on any atom is 0.355 e. The Morgan fingerprint density at radius 3 is 2.32 bits per heavy atom. The first kappa shape index (κ1) is 14.1. The third-order valence-electron chi connectivity index (χ3n) is 3.59. The SMILES string of the molecule is CN(C)c1nc(=O)n(C2CCC(Cl)CC2)c(=O)n1C. The number of hydrogen-bond donors (Lipinski definition) is 0. The summed E-state index contributed by atoms with van der Waals surface area (Å²) in [6, 6.07) is -0.0788. The lowest BCUT2D eigenvalue weighted by Crippen LogP contribution is -2.45. The maximum absolute atomic E-state index is 12.3. The van der Waals surface area contributed by atoms with Gasteiger partial charge in [-0.25, -0.2) is 14.2 Å². The molecule has 6 nitrogen and oxygen atoms in total. The largest absolute Gasteiger partial charge is 0.355 e. The van der Waals surface area contributed by atoms with E-state index in [9.17, 15) is 9.59 Å². The molecule has 106 valence electrons. The molecule has 7 heteroatoms. The van der Waals surface area contributed by atoms with Crippen molar-refractivity contribution in [1.29, 1.82) is 0 Å². The minimum atomic E-state index is -0.468. The fourth-order valence-corrected chi connectivity index (χ4v) is 2.80. The van der Waals surface area contributed by atoms with Crippen LogP contribution < -0.4 is 16.3 Å². The van der Waals surface area contributed by atoms with E-state index in [-0.39, 0.29) is 17.1 Å². The monoisotopic (exact) mass is 286 g/mol. The van der Waals surface area contributed by atoms with Crippen LogP contribution in [0, 0.1) is 0 Å². The summed E-state index contributed by atoms with van der Waals surface area (Å²) in [6.45, 7) is 0. The topological polar surface area (TPSA) is 60.1 Å². The summed E-state index contributed by atoms with van der Waals surface area (Å²) in [5.74, 6) is 0.372. The summed E-state index contributed by atoms with van der Waals surface area (Å²) in [4.78, 5) is 30.0. The van der Waals surface area contributed by atoms with E-state index in [1.165, 1.54) is 9.13 Å². The minimum Gasteiger partial charge on any atom is -0.348 e. The van der Waals surface area contributed by atoms with Crippen molar-refractivity contribution < 1.29 is 0 Å². The van der Waals surface area contributed by atoms with Gasteiger partial charge < -0.3 is 4.90 Å².